The molecule has 0 spiro atoms. The first-order chi connectivity index (χ1) is 8.06. The average Bonchev–Trinajstić information content (AvgIpc) is 2.71. The van der Waals surface area contributed by atoms with Gasteiger partial charge in [-0.25, -0.2) is 14.2 Å². The lowest BCUT2D eigenvalue weighted by Gasteiger charge is -2.03. The Morgan fingerprint density at radius 2 is 2.29 bits per heavy atom. The number of aromatic carboxylic acids is 1. The van der Waals surface area contributed by atoms with Crippen molar-refractivity contribution in [3.05, 3.63) is 40.1 Å². The Kier molecular flexibility index (Phi) is 3.26. The van der Waals surface area contributed by atoms with Crippen molar-refractivity contribution in [1.82, 2.24) is 4.98 Å². The number of carboxylic acid groups (broad SMARTS) is 1. The Morgan fingerprint density at radius 1 is 1.53 bits per heavy atom. The predicted molar refractivity (Wildman–Crippen MR) is 63.8 cm³/mol. The normalized spacial score (nSPS) is 10.2. The summed E-state index contributed by atoms with van der Waals surface area (Å²) in [6.45, 7) is 0. The second-order valence-electron chi connectivity index (χ2n) is 3.08. The molecule has 1 heterocycles. The van der Waals surface area contributed by atoms with E-state index in [0.717, 1.165) is 17.4 Å². The van der Waals surface area contributed by atoms with Crippen LogP contribution in [-0.2, 0) is 0 Å². The van der Waals surface area contributed by atoms with Gasteiger partial charge < -0.3 is 10.4 Å². The molecule has 17 heavy (non-hydrogen) atoms. The lowest BCUT2D eigenvalue weighted by molar-refractivity contribution is 0.0702. The standard InChI is InChI=1S/C10H6ClFN2O2S/c11-5-1-2-7(6(12)3-5)14-10-13-4-8(17-10)9(15)16/h1-4H,(H,13,14)(H,15,16). The van der Waals surface area contributed by atoms with Gasteiger partial charge in [0.1, 0.15) is 10.7 Å². The molecular formula is C10H6ClFN2O2S. The first kappa shape index (κ1) is 11.8. The Labute approximate surface area is 105 Å². The van der Waals surface area contributed by atoms with Gasteiger partial charge in [0.15, 0.2) is 5.13 Å². The zero-order chi connectivity index (χ0) is 12.4. The molecule has 0 amide bonds. The van der Waals surface area contributed by atoms with Crippen molar-refractivity contribution in [2.45, 2.75) is 0 Å². The summed E-state index contributed by atoms with van der Waals surface area (Å²) in [4.78, 5) is 14.5. The Bertz CT molecular complexity index is 573. The number of nitrogens with one attached hydrogen (secondary N) is 1. The molecule has 2 rings (SSSR count). The number of rotatable bonds is 3. The summed E-state index contributed by atoms with van der Waals surface area (Å²) in [7, 11) is 0. The molecule has 0 aliphatic carbocycles. The fourth-order valence-corrected chi connectivity index (χ4v) is 1.96. The van der Waals surface area contributed by atoms with Crippen molar-refractivity contribution in [3.63, 3.8) is 0 Å². The maximum atomic E-state index is 13.4. The van der Waals surface area contributed by atoms with E-state index in [1.807, 2.05) is 0 Å². The molecule has 0 unspecified atom stereocenters. The van der Waals surface area contributed by atoms with Crippen LogP contribution in [0.3, 0.4) is 0 Å². The number of carbonyl (C=O) groups is 1. The number of halogens is 2. The smallest absolute Gasteiger partial charge is 0.347 e. The summed E-state index contributed by atoms with van der Waals surface area (Å²) in [5.41, 5.74) is 0.195. The van der Waals surface area contributed by atoms with Crippen LogP contribution in [0, 0.1) is 5.82 Å². The average molecular weight is 273 g/mol. The highest BCUT2D eigenvalue weighted by Gasteiger charge is 2.10. The monoisotopic (exact) mass is 272 g/mol. The van der Waals surface area contributed by atoms with Crippen LogP contribution in [0.1, 0.15) is 9.67 Å². The summed E-state index contributed by atoms with van der Waals surface area (Å²) in [6, 6.07) is 4.15. The molecule has 1 aromatic heterocycles. The van der Waals surface area contributed by atoms with Gasteiger partial charge in [0, 0.05) is 5.02 Å². The zero-order valence-electron chi connectivity index (χ0n) is 8.28. The van der Waals surface area contributed by atoms with E-state index >= 15 is 0 Å². The number of nitrogens with zero attached hydrogens (tertiary/aromatic N) is 1. The Balaban J connectivity index is 2.22. The van der Waals surface area contributed by atoms with Gasteiger partial charge in [-0.1, -0.05) is 22.9 Å². The fourth-order valence-electron chi connectivity index (χ4n) is 1.14. The largest absolute Gasteiger partial charge is 0.477 e. The van der Waals surface area contributed by atoms with Crippen molar-refractivity contribution in [2.75, 3.05) is 5.32 Å². The predicted octanol–water partition coefficient (Wildman–Crippen LogP) is 3.38. The lowest BCUT2D eigenvalue weighted by atomic mass is 10.3. The molecule has 0 bridgehead atoms. The van der Waals surface area contributed by atoms with E-state index in [1.165, 1.54) is 18.3 Å². The van der Waals surface area contributed by atoms with Crippen LogP contribution in [0.25, 0.3) is 0 Å². The number of carboxylic acids is 1. The molecule has 7 heteroatoms. The van der Waals surface area contributed by atoms with Crippen molar-refractivity contribution in [3.8, 4) is 0 Å². The van der Waals surface area contributed by atoms with Gasteiger partial charge in [0.05, 0.1) is 11.9 Å². The van der Waals surface area contributed by atoms with E-state index in [4.69, 9.17) is 16.7 Å². The summed E-state index contributed by atoms with van der Waals surface area (Å²) in [6.07, 6.45) is 1.21. The van der Waals surface area contributed by atoms with Crippen molar-refractivity contribution < 1.29 is 14.3 Å². The van der Waals surface area contributed by atoms with Crippen LogP contribution in [0.2, 0.25) is 5.02 Å². The van der Waals surface area contributed by atoms with Crippen molar-refractivity contribution >= 4 is 39.7 Å². The van der Waals surface area contributed by atoms with Crippen LogP contribution in [0.15, 0.2) is 24.4 Å². The van der Waals surface area contributed by atoms with E-state index in [0.29, 0.717) is 10.2 Å². The fraction of sp³-hybridized carbons (Fsp3) is 0. The number of anilines is 2. The van der Waals surface area contributed by atoms with Crippen LogP contribution >= 0.6 is 22.9 Å². The molecule has 0 saturated heterocycles. The van der Waals surface area contributed by atoms with E-state index in [-0.39, 0.29) is 10.6 Å². The highest BCUT2D eigenvalue weighted by Crippen LogP contribution is 2.25. The molecule has 2 N–H and O–H groups in total. The Hall–Kier alpha value is -1.66. The summed E-state index contributed by atoms with van der Waals surface area (Å²) >= 11 is 6.53. The molecule has 0 saturated carbocycles. The molecule has 0 aliphatic rings. The van der Waals surface area contributed by atoms with Gasteiger partial charge in [-0.15, -0.1) is 0 Å². The highest BCUT2D eigenvalue weighted by molar-refractivity contribution is 7.17. The molecule has 0 radical (unpaired) electrons. The van der Waals surface area contributed by atoms with Gasteiger partial charge in [-0.2, -0.15) is 0 Å². The van der Waals surface area contributed by atoms with E-state index in [9.17, 15) is 9.18 Å². The van der Waals surface area contributed by atoms with Gasteiger partial charge >= 0.3 is 5.97 Å². The number of hydrogen-bond donors (Lipinski definition) is 2. The molecule has 0 atom stereocenters. The molecule has 2 aromatic rings. The number of thiazole rings is 1. The molecule has 4 nitrogen and oxygen atoms in total. The van der Waals surface area contributed by atoms with Gasteiger partial charge in [0.2, 0.25) is 0 Å². The molecular weight excluding hydrogens is 267 g/mol. The third kappa shape index (κ3) is 2.72. The molecule has 1 aromatic carbocycles. The maximum absolute atomic E-state index is 13.4. The van der Waals surface area contributed by atoms with Gasteiger partial charge in [0.25, 0.3) is 0 Å². The minimum atomic E-state index is -1.06. The third-order valence-corrected chi connectivity index (χ3v) is 3.03. The van der Waals surface area contributed by atoms with E-state index < -0.39 is 11.8 Å². The maximum Gasteiger partial charge on any atom is 0.347 e. The number of aromatic nitrogens is 1. The number of hydrogen-bond acceptors (Lipinski definition) is 4. The summed E-state index contributed by atoms with van der Waals surface area (Å²) < 4.78 is 13.4. The van der Waals surface area contributed by atoms with Crippen LogP contribution in [0.5, 0.6) is 0 Å². The quantitative estimate of drug-likeness (QED) is 0.899. The van der Waals surface area contributed by atoms with Crippen LogP contribution < -0.4 is 5.32 Å². The zero-order valence-corrected chi connectivity index (χ0v) is 9.85. The van der Waals surface area contributed by atoms with Crippen LogP contribution in [0.4, 0.5) is 15.2 Å². The third-order valence-electron chi connectivity index (χ3n) is 1.89. The van der Waals surface area contributed by atoms with E-state index in [1.54, 1.807) is 0 Å². The molecule has 0 aliphatic heterocycles. The first-order valence-electron chi connectivity index (χ1n) is 4.47. The minimum Gasteiger partial charge on any atom is -0.477 e. The SMILES string of the molecule is O=C(O)c1cnc(Nc2ccc(Cl)cc2F)s1. The first-order valence-corrected chi connectivity index (χ1v) is 5.67. The minimum absolute atomic E-state index is 0.0851. The summed E-state index contributed by atoms with van der Waals surface area (Å²) in [5.74, 6) is -1.59. The second kappa shape index (κ2) is 4.68. The Morgan fingerprint density at radius 3 is 2.88 bits per heavy atom. The van der Waals surface area contributed by atoms with Gasteiger partial charge in [-0.3, -0.25) is 0 Å². The summed E-state index contributed by atoms with van der Waals surface area (Å²) in [5, 5.41) is 12.0. The lowest BCUT2D eigenvalue weighted by Crippen LogP contribution is -1.92. The topological polar surface area (TPSA) is 62.2 Å². The van der Waals surface area contributed by atoms with Crippen LogP contribution in [-0.4, -0.2) is 16.1 Å². The van der Waals surface area contributed by atoms with E-state index in [2.05, 4.69) is 10.3 Å². The number of benzene rings is 1. The molecule has 0 fully saturated rings. The van der Waals surface area contributed by atoms with Crippen molar-refractivity contribution in [2.24, 2.45) is 0 Å². The molecule has 88 valence electrons. The second-order valence-corrected chi connectivity index (χ2v) is 4.55. The van der Waals surface area contributed by atoms with Gasteiger partial charge in [-0.05, 0) is 18.2 Å². The van der Waals surface area contributed by atoms with Crippen molar-refractivity contribution in [1.29, 1.82) is 0 Å². The highest BCUT2D eigenvalue weighted by atomic mass is 35.5.